The fourth-order valence-electron chi connectivity index (χ4n) is 1.03. The number of carboxylic acids is 1. The highest BCUT2D eigenvalue weighted by Crippen LogP contribution is 2.12. The van der Waals surface area contributed by atoms with Gasteiger partial charge < -0.3 is 5.11 Å². The largest absolute Gasteiger partial charge is 0.475 e. The van der Waals surface area contributed by atoms with E-state index in [0.29, 0.717) is 11.3 Å². The minimum atomic E-state index is -1.15. The van der Waals surface area contributed by atoms with E-state index in [-0.39, 0.29) is 5.82 Å². The van der Waals surface area contributed by atoms with Crippen LogP contribution in [0.5, 0.6) is 0 Å². The van der Waals surface area contributed by atoms with E-state index in [1.54, 1.807) is 18.3 Å². The zero-order valence-electron chi connectivity index (χ0n) is 7.53. The number of aromatic carboxylic acids is 1. The van der Waals surface area contributed by atoms with Crippen LogP contribution in [0.3, 0.4) is 0 Å². The van der Waals surface area contributed by atoms with Crippen LogP contribution in [0.2, 0.25) is 0 Å². The van der Waals surface area contributed by atoms with Crippen molar-refractivity contribution in [3.63, 3.8) is 0 Å². The van der Waals surface area contributed by atoms with Crippen molar-refractivity contribution in [1.29, 1.82) is 0 Å². The lowest BCUT2D eigenvalue weighted by Crippen LogP contribution is -2.03. The maximum Gasteiger partial charge on any atom is 0.373 e. The first-order chi connectivity index (χ1) is 7.27. The third-order valence-electron chi connectivity index (χ3n) is 1.71. The monoisotopic (exact) mass is 202 g/mol. The van der Waals surface area contributed by atoms with Gasteiger partial charge in [-0.15, -0.1) is 0 Å². The Kier molecular flexibility index (Phi) is 2.32. The smallest absolute Gasteiger partial charge is 0.373 e. The van der Waals surface area contributed by atoms with E-state index in [4.69, 9.17) is 5.11 Å². The Morgan fingerprint density at radius 2 is 2.00 bits per heavy atom. The number of carbonyl (C=O) groups is 1. The lowest BCUT2D eigenvalue weighted by Gasteiger charge is -1.97. The number of nitrogens with zero attached hydrogens (tertiary/aromatic N) is 4. The van der Waals surface area contributed by atoms with E-state index in [1.165, 1.54) is 12.4 Å². The van der Waals surface area contributed by atoms with Crippen LogP contribution in [0, 0.1) is 0 Å². The minimum absolute atomic E-state index is 0.234. The molecule has 2 rings (SSSR count). The fraction of sp³-hybridized carbons (Fsp3) is 0. The van der Waals surface area contributed by atoms with Gasteiger partial charge in [-0.25, -0.2) is 14.8 Å². The van der Waals surface area contributed by atoms with Gasteiger partial charge in [0.1, 0.15) is 0 Å². The molecule has 0 spiro atoms. The highest BCUT2D eigenvalue weighted by atomic mass is 16.4. The molecule has 0 atom stereocenters. The first-order valence-corrected chi connectivity index (χ1v) is 4.11. The molecular weight excluding hydrogens is 196 g/mol. The van der Waals surface area contributed by atoms with E-state index < -0.39 is 5.97 Å². The van der Waals surface area contributed by atoms with Gasteiger partial charge in [-0.05, 0) is 12.1 Å². The summed E-state index contributed by atoms with van der Waals surface area (Å²) < 4.78 is 0. The Balaban J connectivity index is 2.36. The molecule has 0 radical (unpaired) electrons. The van der Waals surface area contributed by atoms with Gasteiger partial charge in [-0.2, -0.15) is 10.2 Å². The van der Waals surface area contributed by atoms with Crippen molar-refractivity contribution in [2.75, 3.05) is 0 Å². The van der Waals surface area contributed by atoms with Crippen LogP contribution >= 0.6 is 0 Å². The molecule has 0 fully saturated rings. The quantitative estimate of drug-likeness (QED) is 0.768. The van der Waals surface area contributed by atoms with E-state index in [0.717, 1.165) is 0 Å². The third kappa shape index (κ3) is 1.93. The van der Waals surface area contributed by atoms with Crippen molar-refractivity contribution in [1.82, 2.24) is 20.2 Å². The lowest BCUT2D eigenvalue weighted by atomic mass is 10.2. The summed E-state index contributed by atoms with van der Waals surface area (Å²) in [6.07, 6.45) is 4.36. The van der Waals surface area contributed by atoms with Crippen LogP contribution in [-0.4, -0.2) is 31.2 Å². The number of hydrogen-bond donors (Lipinski definition) is 1. The van der Waals surface area contributed by atoms with Gasteiger partial charge in [0.25, 0.3) is 0 Å². The third-order valence-corrected chi connectivity index (χ3v) is 1.71. The molecule has 0 aromatic carbocycles. The van der Waals surface area contributed by atoms with E-state index in [1.807, 2.05) is 0 Å². The highest BCUT2D eigenvalue weighted by molar-refractivity contribution is 5.83. The summed E-state index contributed by atoms with van der Waals surface area (Å²) >= 11 is 0. The normalized spacial score (nSPS) is 9.87. The Hall–Kier alpha value is -2.37. The molecular formula is C9H6N4O2. The lowest BCUT2D eigenvalue weighted by molar-refractivity contribution is 0.0683. The van der Waals surface area contributed by atoms with Gasteiger partial charge in [0.2, 0.25) is 5.82 Å². The molecule has 2 heterocycles. The molecule has 0 saturated carbocycles. The van der Waals surface area contributed by atoms with E-state index in [2.05, 4.69) is 20.2 Å². The summed E-state index contributed by atoms with van der Waals surface area (Å²) in [4.78, 5) is 17.8. The van der Waals surface area contributed by atoms with Crippen LogP contribution in [-0.2, 0) is 0 Å². The van der Waals surface area contributed by atoms with Gasteiger partial charge in [-0.3, -0.25) is 0 Å². The average Bonchev–Trinajstić information content (AvgIpc) is 2.30. The van der Waals surface area contributed by atoms with Crippen LogP contribution in [0.4, 0.5) is 0 Å². The first kappa shape index (κ1) is 9.20. The summed E-state index contributed by atoms with van der Waals surface area (Å²) in [6, 6.07) is 3.47. The molecule has 0 saturated heterocycles. The van der Waals surface area contributed by atoms with Crippen LogP contribution in [0.1, 0.15) is 10.6 Å². The Labute approximate surface area is 84.7 Å². The second-order valence-corrected chi connectivity index (χ2v) is 2.71. The molecule has 6 heteroatoms. The molecule has 0 bridgehead atoms. The predicted molar refractivity (Wildman–Crippen MR) is 50.0 cm³/mol. The van der Waals surface area contributed by atoms with E-state index in [9.17, 15) is 4.79 Å². The molecule has 1 N–H and O–H groups in total. The molecule has 15 heavy (non-hydrogen) atoms. The van der Waals surface area contributed by atoms with E-state index >= 15 is 0 Å². The highest BCUT2D eigenvalue weighted by Gasteiger charge is 2.06. The molecule has 0 aliphatic carbocycles. The Bertz CT molecular complexity index is 469. The summed E-state index contributed by atoms with van der Waals surface area (Å²) in [5.74, 6) is -1.39. The summed E-state index contributed by atoms with van der Waals surface area (Å²) in [5.41, 5.74) is 1.24. The fourth-order valence-corrected chi connectivity index (χ4v) is 1.03. The van der Waals surface area contributed by atoms with Gasteiger partial charge in [0.05, 0.1) is 5.69 Å². The van der Waals surface area contributed by atoms with Gasteiger partial charge in [0, 0.05) is 24.2 Å². The Morgan fingerprint density at radius 1 is 1.27 bits per heavy atom. The molecule has 2 aromatic rings. The summed E-state index contributed by atoms with van der Waals surface area (Å²) in [5, 5.41) is 16.1. The molecule has 0 amide bonds. The van der Waals surface area contributed by atoms with Crippen molar-refractivity contribution in [3.05, 3.63) is 36.5 Å². The molecule has 2 aromatic heterocycles. The van der Waals surface area contributed by atoms with Crippen molar-refractivity contribution >= 4 is 5.97 Å². The van der Waals surface area contributed by atoms with Gasteiger partial charge in [0.15, 0.2) is 0 Å². The standard InChI is InChI=1S/C9H6N4O2/c14-9(15)8-10-4-6(5-11-8)7-2-1-3-12-13-7/h1-5H,(H,14,15). The second-order valence-electron chi connectivity index (χ2n) is 2.71. The SMILES string of the molecule is O=C(O)c1ncc(-c2cccnn2)cn1. The number of carboxylic acid groups (broad SMARTS) is 1. The van der Waals surface area contributed by atoms with Crippen LogP contribution in [0.15, 0.2) is 30.7 Å². The van der Waals surface area contributed by atoms with Crippen LogP contribution in [0.25, 0.3) is 11.3 Å². The zero-order valence-corrected chi connectivity index (χ0v) is 7.53. The first-order valence-electron chi connectivity index (χ1n) is 4.11. The summed E-state index contributed by atoms with van der Waals surface area (Å²) in [6.45, 7) is 0. The second kappa shape index (κ2) is 3.79. The maximum absolute atomic E-state index is 10.5. The molecule has 0 unspecified atom stereocenters. The van der Waals surface area contributed by atoms with Gasteiger partial charge >= 0.3 is 5.97 Å². The number of aromatic nitrogens is 4. The summed E-state index contributed by atoms with van der Waals surface area (Å²) in [7, 11) is 0. The van der Waals surface area contributed by atoms with Crippen molar-refractivity contribution in [3.8, 4) is 11.3 Å². The van der Waals surface area contributed by atoms with Crippen LogP contribution < -0.4 is 0 Å². The number of hydrogen-bond acceptors (Lipinski definition) is 5. The molecule has 0 aliphatic heterocycles. The molecule has 74 valence electrons. The molecule has 6 nitrogen and oxygen atoms in total. The average molecular weight is 202 g/mol. The Morgan fingerprint density at radius 3 is 2.53 bits per heavy atom. The number of rotatable bonds is 2. The van der Waals surface area contributed by atoms with Crippen molar-refractivity contribution in [2.24, 2.45) is 0 Å². The molecule has 0 aliphatic rings. The minimum Gasteiger partial charge on any atom is -0.475 e. The topological polar surface area (TPSA) is 88.9 Å². The zero-order chi connectivity index (χ0) is 10.7. The van der Waals surface area contributed by atoms with Crippen molar-refractivity contribution < 1.29 is 9.90 Å². The predicted octanol–water partition coefficient (Wildman–Crippen LogP) is 0.632. The van der Waals surface area contributed by atoms with Gasteiger partial charge in [-0.1, -0.05) is 0 Å². The van der Waals surface area contributed by atoms with Crippen molar-refractivity contribution in [2.45, 2.75) is 0 Å². The maximum atomic E-state index is 10.5.